The largest absolute Gasteiger partial charge is 0.323 e. The maximum atomic E-state index is 12.6. The van der Waals surface area contributed by atoms with Gasteiger partial charge >= 0.3 is 6.03 Å². The molecule has 0 unspecified atom stereocenters. The molecule has 0 radical (unpaired) electrons. The van der Waals surface area contributed by atoms with E-state index in [0.29, 0.717) is 22.1 Å². The molecule has 148 valence electrons. The van der Waals surface area contributed by atoms with Crippen molar-refractivity contribution in [2.75, 3.05) is 10.6 Å². The number of thiazole rings is 1. The van der Waals surface area contributed by atoms with Crippen LogP contribution in [0.15, 0.2) is 36.8 Å². The molecular weight excluding hydrogens is 410 g/mol. The van der Waals surface area contributed by atoms with Gasteiger partial charge in [0.2, 0.25) is 0 Å². The normalized spacial score (nSPS) is 11.2. The first-order valence-electron chi connectivity index (χ1n) is 8.92. The highest BCUT2D eigenvalue weighted by atomic mass is 35.5. The Hall–Kier alpha value is -3.04. The van der Waals surface area contributed by atoms with E-state index < -0.39 is 0 Å². The van der Waals surface area contributed by atoms with Gasteiger partial charge in [0.1, 0.15) is 16.0 Å². The minimum Gasteiger partial charge on any atom is -0.308 e. The fourth-order valence-corrected chi connectivity index (χ4v) is 4.09. The quantitative estimate of drug-likeness (QED) is 0.477. The van der Waals surface area contributed by atoms with E-state index in [0.717, 1.165) is 20.9 Å². The number of amides is 2. The Labute approximate surface area is 175 Å². The van der Waals surface area contributed by atoms with Crippen LogP contribution in [0.2, 0.25) is 5.02 Å². The minimum absolute atomic E-state index is 0.174. The van der Waals surface area contributed by atoms with Gasteiger partial charge in [-0.15, -0.1) is 0 Å². The zero-order valence-corrected chi connectivity index (χ0v) is 17.5. The SMILES string of the molecule is Cc1nc2c(C(C)C)c(NC(=O)Nc3ccc(-n4nccn4)c(Cl)c3)cnc2s1. The number of fused-ring (bicyclic) bond motifs is 1. The van der Waals surface area contributed by atoms with Crippen LogP contribution in [0.5, 0.6) is 0 Å². The van der Waals surface area contributed by atoms with Crippen LogP contribution >= 0.6 is 22.9 Å². The Balaban J connectivity index is 1.56. The zero-order chi connectivity index (χ0) is 20.5. The van der Waals surface area contributed by atoms with Crippen molar-refractivity contribution in [1.29, 1.82) is 0 Å². The number of hydrogen-bond donors (Lipinski definition) is 2. The number of carbonyl (C=O) groups is 1. The van der Waals surface area contributed by atoms with Crippen molar-refractivity contribution in [2.45, 2.75) is 26.7 Å². The molecule has 2 amide bonds. The van der Waals surface area contributed by atoms with Crippen LogP contribution < -0.4 is 10.6 Å². The van der Waals surface area contributed by atoms with E-state index in [-0.39, 0.29) is 11.9 Å². The number of nitrogens with zero attached hydrogens (tertiary/aromatic N) is 5. The molecule has 0 bridgehead atoms. The van der Waals surface area contributed by atoms with Gasteiger partial charge in [-0.2, -0.15) is 15.0 Å². The molecule has 4 aromatic rings. The van der Waals surface area contributed by atoms with Crippen LogP contribution in [0.3, 0.4) is 0 Å². The number of nitrogens with one attached hydrogen (secondary N) is 2. The molecule has 0 saturated heterocycles. The lowest BCUT2D eigenvalue weighted by Crippen LogP contribution is -2.20. The van der Waals surface area contributed by atoms with Crippen LogP contribution in [0.25, 0.3) is 16.0 Å². The Morgan fingerprint density at radius 3 is 2.66 bits per heavy atom. The summed E-state index contributed by atoms with van der Waals surface area (Å²) in [7, 11) is 0. The van der Waals surface area contributed by atoms with Crippen LogP contribution in [0, 0.1) is 6.92 Å². The molecule has 0 saturated carbocycles. The molecule has 0 aliphatic carbocycles. The lowest BCUT2D eigenvalue weighted by molar-refractivity contribution is 0.262. The average molecular weight is 428 g/mol. The van der Waals surface area contributed by atoms with Crippen molar-refractivity contribution in [1.82, 2.24) is 25.0 Å². The van der Waals surface area contributed by atoms with Crippen molar-refractivity contribution in [3.63, 3.8) is 0 Å². The fraction of sp³-hybridized carbons (Fsp3) is 0.211. The molecule has 0 fully saturated rings. The van der Waals surface area contributed by atoms with Crippen LogP contribution in [-0.2, 0) is 0 Å². The number of urea groups is 1. The number of anilines is 2. The summed E-state index contributed by atoms with van der Waals surface area (Å²) in [6, 6.07) is 4.73. The molecule has 0 aliphatic rings. The predicted molar refractivity (Wildman–Crippen MR) is 115 cm³/mol. The smallest absolute Gasteiger partial charge is 0.308 e. The number of pyridine rings is 1. The second-order valence-corrected chi connectivity index (χ2v) is 8.28. The lowest BCUT2D eigenvalue weighted by atomic mass is 10.0. The molecule has 0 aliphatic heterocycles. The fourth-order valence-electron chi connectivity index (χ4n) is 3.06. The van der Waals surface area contributed by atoms with Crippen molar-refractivity contribution < 1.29 is 4.79 Å². The Bertz CT molecular complexity index is 1190. The first-order valence-corrected chi connectivity index (χ1v) is 10.1. The lowest BCUT2D eigenvalue weighted by Gasteiger charge is -2.15. The molecule has 4 rings (SSSR count). The number of hydrogen-bond acceptors (Lipinski definition) is 6. The van der Waals surface area contributed by atoms with Crippen molar-refractivity contribution in [2.24, 2.45) is 0 Å². The van der Waals surface area contributed by atoms with Gasteiger partial charge in [-0.25, -0.2) is 14.8 Å². The third-order valence-corrected chi connectivity index (χ3v) is 5.42. The number of aryl methyl sites for hydroxylation is 1. The van der Waals surface area contributed by atoms with Crippen LogP contribution in [-0.4, -0.2) is 31.0 Å². The highest BCUT2D eigenvalue weighted by Gasteiger charge is 2.17. The summed E-state index contributed by atoms with van der Waals surface area (Å²) >= 11 is 7.85. The summed E-state index contributed by atoms with van der Waals surface area (Å²) in [6.45, 7) is 6.07. The first-order chi connectivity index (χ1) is 13.9. The molecule has 0 atom stereocenters. The van der Waals surface area contributed by atoms with Gasteiger partial charge in [-0.1, -0.05) is 36.8 Å². The molecule has 3 heterocycles. The van der Waals surface area contributed by atoms with E-state index in [9.17, 15) is 4.79 Å². The highest BCUT2D eigenvalue weighted by Crippen LogP contribution is 2.33. The van der Waals surface area contributed by atoms with Crippen LogP contribution in [0.4, 0.5) is 16.2 Å². The van der Waals surface area contributed by atoms with Gasteiger partial charge in [0, 0.05) is 11.3 Å². The van der Waals surface area contributed by atoms with Crippen molar-refractivity contribution in [3.05, 3.63) is 52.4 Å². The summed E-state index contributed by atoms with van der Waals surface area (Å²) in [6.07, 6.45) is 4.81. The van der Waals surface area contributed by atoms with Gasteiger partial charge in [0.15, 0.2) is 0 Å². The van der Waals surface area contributed by atoms with Gasteiger partial charge in [-0.05, 0) is 31.0 Å². The van der Waals surface area contributed by atoms with Crippen molar-refractivity contribution >= 4 is 50.7 Å². The molecule has 29 heavy (non-hydrogen) atoms. The summed E-state index contributed by atoms with van der Waals surface area (Å²) in [5, 5.41) is 15.1. The number of rotatable bonds is 4. The standard InChI is InChI=1S/C19H18ClN7OS/c1-10(2)16-14(9-21-18-17(16)24-11(3)29-18)26-19(28)25-12-4-5-15(13(20)8-12)27-22-6-7-23-27/h4-10H,1-3H3,(H2,25,26,28). The maximum Gasteiger partial charge on any atom is 0.323 e. The zero-order valence-electron chi connectivity index (χ0n) is 16.0. The third-order valence-electron chi connectivity index (χ3n) is 4.24. The van der Waals surface area contributed by atoms with E-state index in [1.807, 2.05) is 6.92 Å². The van der Waals surface area contributed by atoms with Gasteiger partial charge in [-0.3, -0.25) is 0 Å². The van der Waals surface area contributed by atoms with Gasteiger partial charge < -0.3 is 10.6 Å². The van der Waals surface area contributed by atoms with Gasteiger partial charge in [0.25, 0.3) is 0 Å². The molecule has 10 heteroatoms. The van der Waals surface area contributed by atoms with Gasteiger partial charge in [0.05, 0.1) is 34.3 Å². The Morgan fingerprint density at radius 1 is 1.21 bits per heavy atom. The Kier molecular flexibility index (Phi) is 5.16. The summed E-state index contributed by atoms with van der Waals surface area (Å²) < 4.78 is 0. The number of halogens is 1. The highest BCUT2D eigenvalue weighted by molar-refractivity contribution is 7.18. The minimum atomic E-state index is -0.388. The number of carbonyl (C=O) groups excluding carboxylic acids is 1. The molecule has 2 N–H and O–H groups in total. The van der Waals surface area contributed by atoms with E-state index >= 15 is 0 Å². The molecule has 0 spiro atoms. The molecular formula is C19H18ClN7OS. The van der Waals surface area contributed by atoms with E-state index in [1.165, 1.54) is 16.1 Å². The van der Waals surface area contributed by atoms with Crippen LogP contribution in [0.1, 0.15) is 30.3 Å². The van der Waals surface area contributed by atoms with E-state index in [4.69, 9.17) is 11.6 Å². The second kappa shape index (κ2) is 7.76. The van der Waals surface area contributed by atoms with E-state index in [1.54, 1.807) is 36.8 Å². The summed E-state index contributed by atoms with van der Waals surface area (Å²) in [5.74, 6) is 0.174. The second-order valence-electron chi connectivity index (χ2n) is 6.69. The average Bonchev–Trinajstić information content (AvgIpc) is 3.30. The molecule has 8 nitrogen and oxygen atoms in total. The topological polar surface area (TPSA) is 97.6 Å². The summed E-state index contributed by atoms with van der Waals surface area (Å²) in [5.41, 5.74) is 3.61. The Morgan fingerprint density at radius 2 is 1.97 bits per heavy atom. The number of aromatic nitrogens is 5. The number of benzene rings is 1. The predicted octanol–water partition coefficient (Wildman–Crippen LogP) is 5.00. The third kappa shape index (κ3) is 3.92. The molecule has 3 aromatic heterocycles. The molecule has 1 aromatic carbocycles. The van der Waals surface area contributed by atoms with E-state index in [2.05, 4.69) is 44.6 Å². The van der Waals surface area contributed by atoms with Crippen molar-refractivity contribution in [3.8, 4) is 5.69 Å². The summed E-state index contributed by atoms with van der Waals surface area (Å²) in [4.78, 5) is 23.9. The first kappa shape index (κ1) is 19.3. The monoisotopic (exact) mass is 427 g/mol. The maximum absolute atomic E-state index is 12.6.